The third-order valence-corrected chi connectivity index (χ3v) is 3.82. The van der Waals surface area contributed by atoms with Gasteiger partial charge in [0.1, 0.15) is 5.82 Å². The third kappa shape index (κ3) is 2.76. The number of hydrogen-bond donors (Lipinski definition) is 0. The van der Waals surface area contributed by atoms with Gasteiger partial charge in [-0.25, -0.2) is 4.39 Å². The van der Waals surface area contributed by atoms with E-state index in [0.29, 0.717) is 18.1 Å². The quantitative estimate of drug-likeness (QED) is 0.564. The summed E-state index contributed by atoms with van der Waals surface area (Å²) in [5.74, 6) is 0.771. The van der Waals surface area contributed by atoms with Crippen LogP contribution in [0.15, 0.2) is 59.1 Å². The minimum absolute atomic E-state index is 0.260. The number of para-hydroxylation sites is 1. The van der Waals surface area contributed by atoms with Gasteiger partial charge in [-0.15, -0.1) is 0 Å². The maximum Gasteiger partial charge on any atom is 0.231 e. The molecule has 4 aromatic rings. The summed E-state index contributed by atoms with van der Waals surface area (Å²) in [6.45, 7) is 1.94. The Morgan fingerprint density at radius 1 is 1.00 bits per heavy atom. The highest BCUT2D eigenvalue weighted by atomic mass is 19.1. The highest BCUT2D eigenvalue weighted by Crippen LogP contribution is 2.26. The number of aryl methyl sites for hydroxylation is 1. The lowest BCUT2D eigenvalue weighted by molar-refractivity contribution is 0.385. The van der Waals surface area contributed by atoms with Crippen LogP contribution in [0.5, 0.6) is 0 Å². The Hall–Kier alpha value is -3.08. The van der Waals surface area contributed by atoms with Crippen LogP contribution in [0.25, 0.3) is 22.3 Å². The molecule has 0 aliphatic heterocycles. The monoisotopic (exact) mass is 319 g/mol. The average molecular weight is 319 g/mol. The first-order chi connectivity index (χ1) is 11.7. The molecule has 0 bridgehead atoms. The molecular formula is C19H14FN3O. The van der Waals surface area contributed by atoms with Crippen molar-refractivity contribution in [3.63, 3.8) is 0 Å². The molecule has 0 unspecified atom stereocenters. The van der Waals surface area contributed by atoms with Gasteiger partial charge in [-0.05, 0) is 36.8 Å². The molecule has 0 N–H and O–H groups in total. The van der Waals surface area contributed by atoms with Crippen LogP contribution < -0.4 is 0 Å². The summed E-state index contributed by atoms with van der Waals surface area (Å²) in [7, 11) is 0. The van der Waals surface area contributed by atoms with Gasteiger partial charge in [0.15, 0.2) is 0 Å². The molecule has 2 aromatic carbocycles. The number of benzene rings is 2. The predicted octanol–water partition coefficient (Wildman–Crippen LogP) is 4.32. The van der Waals surface area contributed by atoms with E-state index in [-0.39, 0.29) is 5.82 Å². The molecule has 24 heavy (non-hydrogen) atoms. The van der Waals surface area contributed by atoms with Gasteiger partial charge in [0.2, 0.25) is 11.7 Å². The lowest BCUT2D eigenvalue weighted by atomic mass is 10.1. The normalized spacial score (nSPS) is 11.1. The van der Waals surface area contributed by atoms with Crippen LogP contribution in [-0.4, -0.2) is 15.1 Å². The fraction of sp³-hybridized carbons (Fsp3) is 0.105. The van der Waals surface area contributed by atoms with Gasteiger partial charge in [-0.3, -0.25) is 4.98 Å². The van der Waals surface area contributed by atoms with Gasteiger partial charge < -0.3 is 4.52 Å². The van der Waals surface area contributed by atoms with Crippen molar-refractivity contribution in [3.05, 3.63) is 77.6 Å². The zero-order valence-electron chi connectivity index (χ0n) is 13.0. The molecule has 4 rings (SSSR count). The summed E-state index contributed by atoms with van der Waals surface area (Å²) >= 11 is 0. The second-order valence-electron chi connectivity index (χ2n) is 5.64. The van der Waals surface area contributed by atoms with Crippen LogP contribution in [0.1, 0.15) is 17.1 Å². The minimum atomic E-state index is -0.260. The van der Waals surface area contributed by atoms with Crippen molar-refractivity contribution in [1.29, 1.82) is 0 Å². The van der Waals surface area contributed by atoms with Crippen LogP contribution in [0, 0.1) is 12.7 Å². The smallest absolute Gasteiger partial charge is 0.231 e. The Balaban J connectivity index is 1.71. The number of nitrogens with zero attached hydrogens (tertiary/aromatic N) is 3. The van der Waals surface area contributed by atoms with E-state index in [0.717, 1.165) is 27.7 Å². The first-order valence-electron chi connectivity index (χ1n) is 7.63. The van der Waals surface area contributed by atoms with E-state index >= 15 is 0 Å². The largest absolute Gasteiger partial charge is 0.339 e. The van der Waals surface area contributed by atoms with Crippen LogP contribution in [0.3, 0.4) is 0 Å². The lowest BCUT2D eigenvalue weighted by Crippen LogP contribution is -1.91. The molecule has 0 fully saturated rings. The van der Waals surface area contributed by atoms with E-state index in [4.69, 9.17) is 4.52 Å². The third-order valence-electron chi connectivity index (χ3n) is 3.82. The molecule has 5 heteroatoms. The van der Waals surface area contributed by atoms with Crippen molar-refractivity contribution >= 4 is 10.9 Å². The number of aromatic nitrogens is 3. The Labute approximate surface area is 138 Å². The summed E-state index contributed by atoms with van der Waals surface area (Å²) in [5, 5.41) is 5.09. The molecule has 0 spiro atoms. The molecular weight excluding hydrogens is 305 g/mol. The maximum atomic E-state index is 13.0. The van der Waals surface area contributed by atoms with Crippen molar-refractivity contribution < 1.29 is 8.91 Å². The molecule has 0 atom stereocenters. The minimum Gasteiger partial charge on any atom is -0.339 e. The Morgan fingerprint density at radius 2 is 1.79 bits per heavy atom. The maximum absolute atomic E-state index is 13.0. The fourth-order valence-corrected chi connectivity index (χ4v) is 2.71. The predicted molar refractivity (Wildman–Crippen MR) is 89.0 cm³/mol. The van der Waals surface area contributed by atoms with Crippen molar-refractivity contribution in [3.8, 4) is 11.4 Å². The Kier molecular flexibility index (Phi) is 3.54. The molecule has 4 nitrogen and oxygen atoms in total. The number of pyridine rings is 1. The van der Waals surface area contributed by atoms with Crippen LogP contribution in [0.2, 0.25) is 0 Å². The van der Waals surface area contributed by atoms with E-state index in [9.17, 15) is 4.39 Å². The zero-order valence-corrected chi connectivity index (χ0v) is 13.0. The van der Waals surface area contributed by atoms with Crippen LogP contribution >= 0.6 is 0 Å². The highest BCUT2D eigenvalue weighted by molar-refractivity contribution is 5.92. The molecule has 2 heterocycles. The van der Waals surface area contributed by atoms with Crippen LogP contribution in [-0.2, 0) is 6.42 Å². The van der Waals surface area contributed by atoms with Crippen molar-refractivity contribution in [2.24, 2.45) is 0 Å². The van der Waals surface area contributed by atoms with Crippen molar-refractivity contribution in [2.45, 2.75) is 13.3 Å². The van der Waals surface area contributed by atoms with E-state index in [1.54, 1.807) is 12.1 Å². The number of rotatable bonds is 3. The standard InChI is InChI=1S/C19H14FN3O/c1-12-10-16(15-4-2-3-5-17(15)21-12)19-22-18(24-23-19)11-13-6-8-14(20)9-7-13/h2-10H,11H2,1H3. The topological polar surface area (TPSA) is 51.8 Å². The van der Waals surface area contributed by atoms with Gasteiger partial charge in [0.25, 0.3) is 0 Å². The zero-order chi connectivity index (χ0) is 16.5. The van der Waals surface area contributed by atoms with E-state index < -0.39 is 0 Å². The van der Waals surface area contributed by atoms with Gasteiger partial charge in [-0.2, -0.15) is 4.98 Å². The van der Waals surface area contributed by atoms with E-state index in [1.807, 2.05) is 37.3 Å². The summed E-state index contributed by atoms with van der Waals surface area (Å²) < 4.78 is 18.3. The molecule has 0 saturated carbocycles. The molecule has 118 valence electrons. The van der Waals surface area contributed by atoms with E-state index in [2.05, 4.69) is 15.1 Å². The highest BCUT2D eigenvalue weighted by Gasteiger charge is 2.13. The molecule has 0 saturated heterocycles. The van der Waals surface area contributed by atoms with Gasteiger partial charge in [0.05, 0.1) is 11.9 Å². The first-order valence-corrected chi connectivity index (χ1v) is 7.63. The summed E-state index contributed by atoms with van der Waals surface area (Å²) in [6, 6.07) is 16.1. The SMILES string of the molecule is Cc1cc(-c2noc(Cc3ccc(F)cc3)n2)c2ccccc2n1. The van der Waals surface area contributed by atoms with Gasteiger partial charge in [0, 0.05) is 16.6 Å². The Bertz CT molecular complexity index is 1010. The number of fused-ring (bicyclic) bond motifs is 1. The molecule has 0 radical (unpaired) electrons. The van der Waals surface area contributed by atoms with Crippen LogP contribution in [0.4, 0.5) is 4.39 Å². The summed E-state index contributed by atoms with van der Waals surface area (Å²) in [5.41, 5.74) is 3.61. The average Bonchev–Trinajstić information content (AvgIpc) is 3.04. The van der Waals surface area contributed by atoms with E-state index in [1.165, 1.54) is 12.1 Å². The van der Waals surface area contributed by atoms with Gasteiger partial charge in [-0.1, -0.05) is 35.5 Å². The lowest BCUT2D eigenvalue weighted by Gasteiger charge is -2.03. The second kappa shape index (κ2) is 5.85. The molecule has 0 aliphatic rings. The first kappa shape index (κ1) is 14.5. The van der Waals surface area contributed by atoms with Crippen molar-refractivity contribution in [2.75, 3.05) is 0 Å². The molecule has 2 aromatic heterocycles. The Morgan fingerprint density at radius 3 is 2.62 bits per heavy atom. The summed E-state index contributed by atoms with van der Waals surface area (Å²) in [4.78, 5) is 9.01. The van der Waals surface area contributed by atoms with Gasteiger partial charge >= 0.3 is 0 Å². The second-order valence-corrected chi connectivity index (χ2v) is 5.64. The number of halogens is 1. The molecule has 0 aliphatic carbocycles. The fourth-order valence-electron chi connectivity index (χ4n) is 2.71. The number of hydrogen-bond acceptors (Lipinski definition) is 4. The van der Waals surface area contributed by atoms with Crippen molar-refractivity contribution in [1.82, 2.24) is 15.1 Å². The molecule has 0 amide bonds. The summed E-state index contributed by atoms with van der Waals surface area (Å²) in [6.07, 6.45) is 0.468.